The summed E-state index contributed by atoms with van der Waals surface area (Å²) in [7, 11) is 0. The number of hydrazine groups is 2. The minimum absolute atomic E-state index is 0.191. The number of hydrogen-bond acceptors (Lipinski definition) is 7. The van der Waals surface area contributed by atoms with E-state index in [1.807, 2.05) is 58.0 Å². The van der Waals surface area contributed by atoms with E-state index in [0.29, 0.717) is 23.0 Å². The van der Waals surface area contributed by atoms with Gasteiger partial charge >= 0.3 is 0 Å². The number of nitrogens with one attached hydrogen (secondary N) is 2. The number of halogens is 4. The van der Waals surface area contributed by atoms with E-state index in [1.165, 1.54) is 43.5 Å². The molecule has 6 rings (SSSR count). The molecule has 13 heteroatoms. The highest BCUT2D eigenvalue weighted by atomic mass is 127. The smallest absolute Gasteiger partial charge is 0.131 e. The van der Waals surface area contributed by atoms with Gasteiger partial charge in [0, 0.05) is 45.5 Å². The molecule has 0 radical (unpaired) electrons. The maximum atomic E-state index is 13.6. The summed E-state index contributed by atoms with van der Waals surface area (Å²) in [6, 6.07) is 17.2. The van der Waals surface area contributed by atoms with Crippen LogP contribution in [-0.4, -0.2) is 61.1 Å². The van der Waals surface area contributed by atoms with Crippen molar-refractivity contribution in [2.45, 2.75) is 73.0 Å². The molecule has 4 aromatic carbocycles. The third-order valence-electron chi connectivity index (χ3n) is 8.78. The number of morpholine rings is 1. The van der Waals surface area contributed by atoms with Crippen LogP contribution in [0.15, 0.2) is 70.6 Å². The molecule has 0 bridgehead atoms. The summed E-state index contributed by atoms with van der Waals surface area (Å²) in [6.45, 7) is 15.8. The summed E-state index contributed by atoms with van der Waals surface area (Å²) in [5.74, 6) is 1.79. The molecule has 2 atom stereocenters. The third-order valence-corrected chi connectivity index (χ3v) is 10.0. The first-order valence-corrected chi connectivity index (χ1v) is 20.2. The van der Waals surface area contributed by atoms with Gasteiger partial charge in [-0.2, -0.15) is 0 Å². The number of rotatable bonds is 10. The highest BCUT2D eigenvalue weighted by Crippen LogP contribution is 2.34. The van der Waals surface area contributed by atoms with Crippen molar-refractivity contribution in [3.63, 3.8) is 0 Å². The Morgan fingerprint density at radius 1 is 0.630 bits per heavy atom. The lowest BCUT2D eigenvalue weighted by molar-refractivity contribution is -0.0760. The van der Waals surface area contributed by atoms with Crippen molar-refractivity contribution in [3.8, 4) is 23.0 Å². The Balaban J connectivity index is 0.000000208. The van der Waals surface area contributed by atoms with Gasteiger partial charge in [0.2, 0.25) is 0 Å². The lowest BCUT2D eigenvalue weighted by atomic mass is 10.1. The number of hydrogen-bond donors (Lipinski definition) is 2. The standard InChI is InChI=1S/C21H25FIN3O2.C20H23FIN3O/c1-13-6-21(28-19-8-17(22)7-18(23)9-19)14(2)5-20(13)24-12-25-26-10-15(3)27-16(4)11-26;1-14-9-20(26-18-11-16(21)10-17(22)12-18)15(2)8-19(14)23-13-24-25-6-4-3-5-7-25/h5-9,12,15-16H,10-11H2,1-4H3,(H,24,25);8-13H,3-7H2,1-2H3,(H,23,24). The molecule has 0 aliphatic carbocycles. The molecule has 0 saturated carbocycles. The number of aryl methyl sites for hydroxylation is 4. The van der Waals surface area contributed by atoms with E-state index in [4.69, 9.17) is 14.2 Å². The minimum atomic E-state index is -0.310. The van der Waals surface area contributed by atoms with Crippen LogP contribution in [0.4, 0.5) is 20.2 Å². The van der Waals surface area contributed by atoms with Crippen molar-refractivity contribution in [1.82, 2.24) is 20.9 Å². The van der Waals surface area contributed by atoms with E-state index in [-0.39, 0.29) is 23.8 Å². The number of ether oxygens (including phenoxy) is 3. The van der Waals surface area contributed by atoms with E-state index in [9.17, 15) is 8.78 Å². The largest absolute Gasteiger partial charge is 0.457 e. The molecule has 2 heterocycles. The minimum Gasteiger partial charge on any atom is -0.457 e. The van der Waals surface area contributed by atoms with Gasteiger partial charge in [-0.15, -0.1) is 0 Å². The van der Waals surface area contributed by atoms with Crippen LogP contribution in [-0.2, 0) is 4.74 Å². The van der Waals surface area contributed by atoms with Gasteiger partial charge < -0.3 is 25.1 Å². The monoisotopic (exact) mass is 964 g/mol. The average molecular weight is 965 g/mol. The predicted octanol–water partition coefficient (Wildman–Crippen LogP) is 10.6. The van der Waals surface area contributed by atoms with Crippen LogP contribution in [0.25, 0.3) is 0 Å². The summed E-state index contributed by atoms with van der Waals surface area (Å²) >= 11 is 4.15. The second kappa shape index (κ2) is 20.0. The predicted molar refractivity (Wildman–Crippen MR) is 230 cm³/mol. The first-order chi connectivity index (χ1) is 25.8. The van der Waals surface area contributed by atoms with Gasteiger partial charge in [-0.1, -0.05) is 6.42 Å². The molecular formula is C41H48F2I2N6O3. The number of piperidine rings is 1. The Labute approximate surface area is 344 Å². The van der Waals surface area contributed by atoms with Crippen LogP contribution < -0.4 is 20.3 Å². The normalized spacial score (nSPS) is 18.0. The molecule has 0 spiro atoms. The van der Waals surface area contributed by atoms with Gasteiger partial charge in [-0.25, -0.2) is 28.8 Å². The summed E-state index contributed by atoms with van der Waals surface area (Å²) in [6.07, 6.45) is 7.60. The Bertz CT molecular complexity index is 1910. The molecule has 288 valence electrons. The zero-order valence-electron chi connectivity index (χ0n) is 31.6. The van der Waals surface area contributed by atoms with Crippen molar-refractivity contribution < 1.29 is 23.0 Å². The van der Waals surface area contributed by atoms with Gasteiger partial charge in [0.15, 0.2) is 0 Å². The molecule has 54 heavy (non-hydrogen) atoms. The van der Waals surface area contributed by atoms with E-state index >= 15 is 0 Å². The van der Waals surface area contributed by atoms with E-state index in [2.05, 4.69) is 89.9 Å². The second-order valence-corrected chi connectivity index (χ2v) is 16.2. The fourth-order valence-corrected chi connectivity index (χ4v) is 7.35. The van der Waals surface area contributed by atoms with Crippen LogP contribution in [0, 0.1) is 46.5 Å². The average Bonchev–Trinajstić information content (AvgIpc) is 3.08. The van der Waals surface area contributed by atoms with Crippen molar-refractivity contribution in [2.24, 2.45) is 9.98 Å². The Kier molecular flexibility index (Phi) is 15.5. The quantitative estimate of drug-likeness (QED) is 0.0931. The summed E-state index contributed by atoms with van der Waals surface area (Å²) in [5.41, 5.74) is 12.1. The van der Waals surface area contributed by atoms with Gasteiger partial charge in [-0.05, 0) is 170 Å². The highest BCUT2D eigenvalue weighted by molar-refractivity contribution is 14.1. The topological polar surface area (TPSA) is 83.0 Å². The van der Waals surface area contributed by atoms with E-state index < -0.39 is 0 Å². The lowest BCUT2D eigenvalue weighted by Gasteiger charge is -2.34. The molecule has 2 saturated heterocycles. The van der Waals surface area contributed by atoms with Gasteiger partial charge in [-0.3, -0.25) is 0 Å². The van der Waals surface area contributed by atoms with Crippen molar-refractivity contribution in [1.29, 1.82) is 0 Å². The van der Waals surface area contributed by atoms with Crippen LogP contribution in [0.2, 0.25) is 0 Å². The first kappa shape index (κ1) is 41.8. The van der Waals surface area contributed by atoms with Crippen LogP contribution in [0.1, 0.15) is 55.4 Å². The summed E-state index contributed by atoms with van der Waals surface area (Å²) in [4.78, 5) is 9.09. The van der Waals surface area contributed by atoms with Gasteiger partial charge in [0.05, 0.1) is 23.6 Å². The highest BCUT2D eigenvalue weighted by Gasteiger charge is 2.21. The zero-order valence-corrected chi connectivity index (χ0v) is 35.9. The molecule has 9 nitrogen and oxygen atoms in total. The van der Waals surface area contributed by atoms with E-state index in [1.54, 1.807) is 18.7 Å². The number of nitrogens with zero attached hydrogens (tertiary/aromatic N) is 4. The fraction of sp³-hybridized carbons (Fsp3) is 0.366. The lowest BCUT2D eigenvalue weighted by Crippen LogP contribution is -2.51. The van der Waals surface area contributed by atoms with Crippen molar-refractivity contribution >= 4 is 69.2 Å². The Morgan fingerprint density at radius 2 is 1.07 bits per heavy atom. The molecule has 0 amide bonds. The second-order valence-electron chi connectivity index (χ2n) is 13.7. The number of aliphatic imine (C=N–C) groups is 2. The van der Waals surface area contributed by atoms with Crippen molar-refractivity contribution in [3.05, 3.63) is 102 Å². The molecule has 2 unspecified atom stereocenters. The van der Waals surface area contributed by atoms with Gasteiger partial charge in [0.25, 0.3) is 0 Å². The maximum Gasteiger partial charge on any atom is 0.131 e. The molecule has 2 aliphatic heterocycles. The third kappa shape index (κ3) is 12.9. The molecular weight excluding hydrogens is 916 g/mol. The molecule has 2 aliphatic rings. The van der Waals surface area contributed by atoms with E-state index in [0.717, 1.165) is 66.9 Å². The zero-order chi connectivity index (χ0) is 38.8. The SMILES string of the molecule is Cc1cc(Oc2cc(F)cc(I)c2)c(C)cc1N=CNN1CC(C)OC(C)C1.Cc1cc(Oc2cc(F)cc(I)c2)c(C)cc1N=CNN1CCCCC1. The Morgan fingerprint density at radius 3 is 1.52 bits per heavy atom. The molecule has 2 fully saturated rings. The summed E-state index contributed by atoms with van der Waals surface area (Å²) < 4.78 is 46.3. The fourth-order valence-electron chi connectivity index (χ4n) is 6.14. The number of benzene rings is 4. The maximum absolute atomic E-state index is 13.6. The first-order valence-electron chi connectivity index (χ1n) is 18.0. The molecule has 2 N–H and O–H groups in total. The van der Waals surface area contributed by atoms with Crippen molar-refractivity contribution in [2.75, 3.05) is 26.2 Å². The molecule has 4 aromatic rings. The molecule has 0 aromatic heterocycles. The summed E-state index contributed by atoms with van der Waals surface area (Å²) in [5, 5.41) is 4.30. The van der Waals surface area contributed by atoms with Crippen LogP contribution in [0.3, 0.4) is 0 Å². The van der Waals surface area contributed by atoms with Gasteiger partial charge in [0.1, 0.15) is 47.3 Å². The van der Waals surface area contributed by atoms with Crippen LogP contribution in [0.5, 0.6) is 23.0 Å². The Hall–Kier alpha value is -3.38. The van der Waals surface area contributed by atoms with Crippen LogP contribution >= 0.6 is 45.2 Å².